The molecule has 2 aromatic carbocycles. The molecular weight excluding hydrogens is 402 g/mol. The Kier molecular flexibility index (Phi) is 5.65. The molecule has 0 N–H and O–H groups in total. The van der Waals surface area contributed by atoms with Gasteiger partial charge in [-0.05, 0) is 17.7 Å². The molecule has 0 atom stereocenters. The lowest BCUT2D eigenvalue weighted by Crippen LogP contribution is -2.11. The van der Waals surface area contributed by atoms with E-state index in [1.165, 1.54) is 42.2 Å². The SMILES string of the molecule is O=[N+]([O-])c1cccc(/C=N\C2=NN=C(c3cc(F)c(Cl)cc3Cl)CS2)c1. The van der Waals surface area contributed by atoms with Crippen LogP contribution in [0, 0.1) is 15.9 Å². The van der Waals surface area contributed by atoms with E-state index in [9.17, 15) is 14.5 Å². The molecule has 1 aliphatic rings. The molecule has 3 rings (SSSR count). The highest BCUT2D eigenvalue weighted by Gasteiger charge is 2.17. The molecule has 26 heavy (non-hydrogen) atoms. The summed E-state index contributed by atoms with van der Waals surface area (Å²) >= 11 is 13.1. The van der Waals surface area contributed by atoms with Gasteiger partial charge in [0.05, 0.1) is 20.7 Å². The van der Waals surface area contributed by atoms with Gasteiger partial charge in [-0.15, -0.1) is 5.10 Å². The van der Waals surface area contributed by atoms with Crippen molar-refractivity contribution < 1.29 is 9.31 Å². The van der Waals surface area contributed by atoms with Gasteiger partial charge in [0.2, 0.25) is 5.17 Å². The molecule has 0 amide bonds. The van der Waals surface area contributed by atoms with Crippen molar-refractivity contribution in [3.8, 4) is 0 Å². The summed E-state index contributed by atoms with van der Waals surface area (Å²) in [5.74, 6) is -0.191. The predicted octanol–water partition coefficient (Wildman–Crippen LogP) is 4.97. The molecule has 2 aromatic rings. The minimum absolute atomic E-state index is 0.0214. The van der Waals surface area contributed by atoms with Crippen LogP contribution in [0.1, 0.15) is 11.1 Å². The van der Waals surface area contributed by atoms with Crippen molar-refractivity contribution in [3.63, 3.8) is 0 Å². The van der Waals surface area contributed by atoms with Gasteiger partial charge < -0.3 is 0 Å². The Balaban J connectivity index is 1.80. The monoisotopic (exact) mass is 410 g/mol. The lowest BCUT2D eigenvalue weighted by Gasteiger charge is -2.11. The summed E-state index contributed by atoms with van der Waals surface area (Å²) in [6, 6.07) is 8.61. The average molecular weight is 411 g/mol. The number of nitro benzene ring substituents is 1. The molecule has 1 heterocycles. The van der Waals surface area contributed by atoms with Gasteiger partial charge in [0, 0.05) is 29.7 Å². The summed E-state index contributed by atoms with van der Waals surface area (Å²) < 4.78 is 13.6. The highest BCUT2D eigenvalue weighted by atomic mass is 35.5. The lowest BCUT2D eigenvalue weighted by molar-refractivity contribution is -0.384. The van der Waals surface area contributed by atoms with Gasteiger partial charge in [-0.2, -0.15) is 5.10 Å². The number of nitrogens with zero attached hydrogens (tertiary/aromatic N) is 4. The van der Waals surface area contributed by atoms with Gasteiger partial charge in [0.25, 0.3) is 5.69 Å². The van der Waals surface area contributed by atoms with E-state index in [4.69, 9.17) is 23.2 Å². The first-order valence-corrected chi connectivity index (χ1v) is 8.89. The zero-order chi connectivity index (χ0) is 18.7. The van der Waals surface area contributed by atoms with E-state index in [0.29, 0.717) is 27.8 Å². The van der Waals surface area contributed by atoms with E-state index in [1.807, 2.05) is 0 Å². The molecule has 0 bridgehead atoms. The number of aliphatic imine (C=N–C) groups is 1. The zero-order valence-corrected chi connectivity index (χ0v) is 15.2. The van der Waals surface area contributed by atoms with E-state index in [2.05, 4.69) is 15.2 Å². The molecular formula is C16H9Cl2FN4O2S. The third-order valence-electron chi connectivity index (χ3n) is 3.32. The fourth-order valence-corrected chi connectivity index (χ4v) is 3.28. The van der Waals surface area contributed by atoms with Crippen molar-refractivity contribution >= 4 is 57.7 Å². The number of benzene rings is 2. The molecule has 0 fully saturated rings. The van der Waals surface area contributed by atoms with E-state index < -0.39 is 10.7 Å². The first-order valence-electron chi connectivity index (χ1n) is 7.15. The van der Waals surface area contributed by atoms with Crippen LogP contribution in [0.25, 0.3) is 0 Å². The molecule has 10 heteroatoms. The predicted molar refractivity (Wildman–Crippen MR) is 104 cm³/mol. The molecule has 132 valence electrons. The molecule has 0 aliphatic carbocycles. The van der Waals surface area contributed by atoms with Crippen molar-refractivity contribution in [2.75, 3.05) is 5.75 Å². The van der Waals surface area contributed by atoms with Crippen LogP contribution in [0.5, 0.6) is 0 Å². The first-order chi connectivity index (χ1) is 12.4. The quantitative estimate of drug-likeness (QED) is 0.310. The Morgan fingerprint density at radius 1 is 1.23 bits per heavy atom. The van der Waals surface area contributed by atoms with Gasteiger partial charge in [-0.1, -0.05) is 47.1 Å². The normalized spacial score (nSPS) is 14.3. The third kappa shape index (κ3) is 4.27. The summed E-state index contributed by atoms with van der Waals surface area (Å²) in [4.78, 5) is 14.5. The summed E-state index contributed by atoms with van der Waals surface area (Å²) in [7, 11) is 0. The molecule has 0 aromatic heterocycles. The van der Waals surface area contributed by atoms with E-state index in [-0.39, 0.29) is 15.7 Å². The van der Waals surface area contributed by atoms with Crippen LogP contribution in [0.15, 0.2) is 51.6 Å². The minimum Gasteiger partial charge on any atom is -0.258 e. The van der Waals surface area contributed by atoms with Crippen molar-refractivity contribution in [2.24, 2.45) is 15.2 Å². The van der Waals surface area contributed by atoms with Crippen LogP contribution in [-0.2, 0) is 0 Å². The number of nitro groups is 1. The number of rotatable bonds is 3. The van der Waals surface area contributed by atoms with Crippen molar-refractivity contribution in [3.05, 3.63) is 73.5 Å². The highest BCUT2D eigenvalue weighted by Crippen LogP contribution is 2.27. The van der Waals surface area contributed by atoms with Gasteiger partial charge >= 0.3 is 0 Å². The maximum Gasteiger partial charge on any atom is 0.270 e. The Morgan fingerprint density at radius 2 is 2.04 bits per heavy atom. The Morgan fingerprint density at radius 3 is 2.73 bits per heavy atom. The van der Waals surface area contributed by atoms with Crippen LogP contribution in [0.4, 0.5) is 10.1 Å². The molecule has 0 spiro atoms. The van der Waals surface area contributed by atoms with Crippen LogP contribution in [0.2, 0.25) is 10.0 Å². The molecule has 1 aliphatic heterocycles. The molecule has 0 radical (unpaired) electrons. The Bertz CT molecular complexity index is 979. The summed E-state index contributed by atoms with van der Waals surface area (Å²) in [5.41, 5.74) is 1.48. The van der Waals surface area contributed by atoms with Crippen LogP contribution in [0.3, 0.4) is 0 Å². The minimum atomic E-state index is -0.586. The standard InChI is InChI=1S/C16H9Cl2FN4O2S/c17-12-6-13(18)14(19)5-11(12)15-8-26-16(22-21-15)20-7-9-2-1-3-10(4-9)23(24)25/h1-7H,8H2/b20-7-. The topological polar surface area (TPSA) is 80.2 Å². The van der Waals surface area contributed by atoms with E-state index >= 15 is 0 Å². The average Bonchev–Trinajstić information content (AvgIpc) is 2.64. The first kappa shape index (κ1) is 18.5. The maximum absolute atomic E-state index is 13.6. The van der Waals surface area contributed by atoms with Crippen molar-refractivity contribution in [1.82, 2.24) is 0 Å². The van der Waals surface area contributed by atoms with Crippen LogP contribution < -0.4 is 0 Å². The summed E-state index contributed by atoms with van der Waals surface area (Å²) in [5, 5.41) is 19.4. The van der Waals surface area contributed by atoms with Crippen LogP contribution >= 0.6 is 35.0 Å². The zero-order valence-electron chi connectivity index (χ0n) is 12.9. The van der Waals surface area contributed by atoms with Gasteiger partial charge in [-0.25, -0.2) is 9.38 Å². The largest absolute Gasteiger partial charge is 0.270 e. The van der Waals surface area contributed by atoms with Crippen molar-refractivity contribution in [1.29, 1.82) is 0 Å². The summed E-state index contributed by atoms with van der Waals surface area (Å²) in [6.45, 7) is 0. The van der Waals surface area contributed by atoms with Gasteiger partial charge in [0.1, 0.15) is 5.82 Å². The number of halogens is 3. The fraction of sp³-hybridized carbons (Fsp3) is 0.0625. The lowest BCUT2D eigenvalue weighted by atomic mass is 10.1. The van der Waals surface area contributed by atoms with E-state index in [0.717, 1.165) is 0 Å². The summed E-state index contributed by atoms with van der Waals surface area (Å²) in [6.07, 6.45) is 1.47. The van der Waals surface area contributed by atoms with Crippen LogP contribution in [-0.4, -0.2) is 27.8 Å². The number of non-ortho nitro benzene ring substituents is 1. The second-order valence-corrected chi connectivity index (χ2v) is 6.83. The highest BCUT2D eigenvalue weighted by molar-refractivity contribution is 8.14. The molecule has 0 unspecified atom stereocenters. The van der Waals surface area contributed by atoms with Gasteiger partial charge in [0.15, 0.2) is 0 Å². The molecule has 0 saturated heterocycles. The molecule has 6 nitrogen and oxygen atoms in total. The fourth-order valence-electron chi connectivity index (χ4n) is 2.08. The molecule has 0 saturated carbocycles. The third-order valence-corrected chi connectivity index (χ3v) is 4.79. The Labute approximate surface area is 161 Å². The number of thioether (sulfide) groups is 1. The smallest absolute Gasteiger partial charge is 0.258 e. The number of hydrogen-bond acceptors (Lipinski definition) is 6. The Hall–Kier alpha value is -2.29. The van der Waals surface area contributed by atoms with Gasteiger partial charge in [-0.3, -0.25) is 10.1 Å². The number of hydrogen-bond donors (Lipinski definition) is 0. The number of amidine groups is 1. The van der Waals surface area contributed by atoms with Crippen molar-refractivity contribution in [2.45, 2.75) is 0 Å². The maximum atomic E-state index is 13.6. The second-order valence-electron chi connectivity index (χ2n) is 5.07. The second kappa shape index (κ2) is 7.94. The van der Waals surface area contributed by atoms with E-state index in [1.54, 1.807) is 12.1 Å².